The molecule has 0 fully saturated rings. The quantitative estimate of drug-likeness (QED) is 0.373. The van der Waals surface area contributed by atoms with Crippen molar-refractivity contribution in [2.45, 2.75) is 13.3 Å². The van der Waals surface area contributed by atoms with Gasteiger partial charge in [0, 0.05) is 0 Å². The van der Waals surface area contributed by atoms with Crippen molar-refractivity contribution in [3.63, 3.8) is 0 Å². The van der Waals surface area contributed by atoms with Crippen molar-refractivity contribution in [1.29, 1.82) is 0 Å². The van der Waals surface area contributed by atoms with Gasteiger partial charge in [0.25, 0.3) is 0 Å². The van der Waals surface area contributed by atoms with Gasteiger partial charge in [0.15, 0.2) is 0 Å². The molecule has 0 N–H and O–H groups in total. The number of rotatable bonds is 2. The minimum Gasteiger partial charge on any atom is -0.423 e. The van der Waals surface area contributed by atoms with E-state index in [-0.39, 0.29) is 37.7 Å². The summed E-state index contributed by atoms with van der Waals surface area (Å²) in [4.78, 5) is 2.92. The molecule has 1 aromatic rings. The van der Waals surface area contributed by atoms with Gasteiger partial charge in [-0.05, 0) is 0 Å². The van der Waals surface area contributed by atoms with Crippen molar-refractivity contribution in [2.75, 3.05) is 0 Å². The first-order valence-corrected chi connectivity index (χ1v) is 4.27. The molecule has 1 aromatic carbocycles. The van der Waals surface area contributed by atoms with Crippen LogP contribution >= 0.6 is 15.9 Å². The van der Waals surface area contributed by atoms with Crippen LogP contribution in [0, 0.1) is 11.1 Å². The maximum Gasteiger partial charge on any atom is 1.00 e. The molecular formula is C10H9BrLi2. The van der Waals surface area contributed by atoms with Crippen LogP contribution in [0.2, 0.25) is 0 Å². The predicted octanol–water partition coefficient (Wildman–Crippen LogP) is -2.86. The molecule has 0 aliphatic heterocycles. The molecule has 1 rings (SSSR count). The van der Waals surface area contributed by atoms with Crippen molar-refractivity contribution < 1.29 is 37.7 Å². The molecule has 0 atom stereocenters. The molecular weight excluding hydrogens is 214 g/mol. The summed E-state index contributed by atoms with van der Waals surface area (Å²) in [5.41, 5.74) is 2.39. The van der Waals surface area contributed by atoms with Gasteiger partial charge >= 0.3 is 37.7 Å². The van der Waals surface area contributed by atoms with E-state index in [2.05, 4.69) is 33.0 Å². The average Bonchev–Trinajstić information content (AvgIpc) is 2.06. The molecule has 0 amide bonds. The van der Waals surface area contributed by atoms with Gasteiger partial charge < -0.3 is 20.9 Å². The summed E-state index contributed by atoms with van der Waals surface area (Å²) in [6.45, 7) is 2.04. The summed E-state index contributed by atoms with van der Waals surface area (Å²) in [6, 6.07) is 11.1. The first-order chi connectivity index (χ1) is 5.33. The Balaban J connectivity index is 0. The van der Waals surface area contributed by atoms with Crippen LogP contribution in [0.15, 0.2) is 29.8 Å². The van der Waals surface area contributed by atoms with Gasteiger partial charge in [0.1, 0.15) is 0 Å². The monoisotopic (exact) mass is 222 g/mol. The average molecular weight is 223 g/mol. The zero-order valence-corrected chi connectivity index (χ0v) is 9.98. The topological polar surface area (TPSA) is 0 Å². The number of hydrogen-bond acceptors (Lipinski definition) is 0. The van der Waals surface area contributed by atoms with E-state index in [1.807, 2.05) is 25.1 Å². The Labute approximate surface area is 113 Å². The Morgan fingerprint density at radius 2 is 2.15 bits per heavy atom. The standard InChI is InChI=1S/C10H9Br.2Li/c1-9(8-11)7-10-5-3-2-4-6-10;;/h2-5H,7H2,1H3;;/q-2;2*+1. The maximum absolute atomic E-state index is 3.17. The fourth-order valence-electron chi connectivity index (χ4n) is 0.860. The summed E-state index contributed by atoms with van der Waals surface area (Å²) in [6.07, 6.45) is 0.923. The third-order valence-electron chi connectivity index (χ3n) is 1.39. The van der Waals surface area contributed by atoms with Gasteiger partial charge in [-0.15, -0.1) is 0 Å². The molecule has 0 unspecified atom stereocenters. The molecule has 0 nitrogen and oxygen atoms in total. The Kier molecular flexibility index (Phi) is 11.4. The van der Waals surface area contributed by atoms with Crippen LogP contribution in [0.5, 0.6) is 0 Å². The Hall–Kier alpha value is 0.635. The van der Waals surface area contributed by atoms with Crippen molar-refractivity contribution in [1.82, 2.24) is 0 Å². The van der Waals surface area contributed by atoms with Gasteiger partial charge in [-0.1, -0.05) is 13.3 Å². The van der Waals surface area contributed by atoms with Gasteiger partial charge in [-0.25, -0.2) is 5.57 Å². The summed E-state index contributed by atoms with van der Waals surface area (Å²) in [7, 11) is 0. The SMILES string of the molecule is CC(=[C-]Br)Cc1[c-]cccc1.[Li+].[Li+]. The third-order valence-corrected chi connectivity index (χ3v) is 2.07. The zero-order valence-electron chi connectivity index (χ0n) is 8.39. The minimum absolute atomic E-state index is 0. The second-order valence-electron chi connectivity index (χ2n) is 2.44. The molecule has 0 aliphatic carbocycles. The van der Waals surface area contributed by atoms with Gasteiger partial charge in [0.05, 0.1) is 0 Å². The minimum atomic E-state index is 0. The summed E-state index contributed by atoms with van der Waals surface area (Å²) >= 11 is 3.17. The van der Waals surface area contributed by atoms with E-state index >= 15 is 0 Å². The third kappa shape index (κ3) is 6.67. The van der Waals surface area contributed by atoms with Crippen LogP contribution in [-0.2, 0) is 6.42 Å². The second-order valence-corrected chi connectivity index (χ2v) is 2.84. The van der Waals surface area contributed by atoms with Crippen molar-refractivity contribution in [3.8, 4) is 0 Å². The molecule has 58 valence electrons. The van der Waals surface area contributed by atoms with Crippen LogP contribution in [-0.4, -0.2) is 0 Å². The van der Waals surface area contributed by atoms with Gasteiger partial charge in [-0.2, -0.15) is 35.9 Å². The summed E-state index contributed by atoms with van der Waals surface area (Å²) in [5.74, 6) is 0. The number of benzene rings is 1. The molecule has 0 aliphatic rings. The van der Waals surface area contributed by atoms with Gasteiger partial charge in [-0.3, -0.25) is 0 Å². The van der Waals surface area contributed by atoms with E-state index in [1.165, 1.54) is 11.1 Å². The number of allylic oxidation sites excluding steroid dienone is 1. The zero-order chi connectivity index (χ0) is 8.10. The predicted molar refractivity (Wildman–Crippen MR) is 50.3 cm³/mol. The fraction of sp³-hybridized carbons (Fsp3) is 0.200. The molecule has 0 saturated carbocycles. The summed E-state index contributed by atoms with van der Waals surface area (Å²) in [5, 5.41) is 0. The molecule has 0 radical (unpaired) electrons. The normalized spacial score (nSPS) is 9.85. The fourth-order valence-corrected chi connectivity index (χ4v) is 1.000. The largest absolute Gasteiger partial charge is 1.00 e. The molecule has 0 bridgehead atoms. The maximum atomic E-state index is 3.17. The van der Waals surface area contributed by atoms with Crippen molar-refractivity contribution >= 4 is 15.9 Å². The van der Waals surface area contributed by atoms with Crippen molar-refractivity contribution in [3.05, 3.63) is 46.5 Å². The van der Waals surface area contributed by atoms with E-state index in [0.717, 1.165) is 6.42 Å². The van der Waals surface area contributed by atoms with Crippen LogP contribution in [0.4, 0.5) is 0 Å². The molecule has 0 saturated heterocycles. The molecule has 0 aromatic heterocycles. The van der Waals surface area contributed by atoms with E-state index in [1.54, 1.807) is 0 Å². The van der Waals surface area contributed by atoms with Crippen LogP contribution in [0.25, 0.3) is 0 Å². The van der Waals surface area contributed by atoms with Gasteiger partial charge in [0.2, 0.25) is 0 Å². The van der Waals surface area contributed by atoms with E-state index in [9.17, 15) is 0 Å². The van der Waals surface area contributed by atoms with Crippen LogP contribution in [0.3, 0.4) is 0 Å². The van der Waals surface area contributed by atoms with E-state index in [0.29, 0.717) is 0 Å². The smallest absolute Gasteiger partial charge is 0.423 e. The Morgan fingerprint density at radius 1 is 1.46 bits per heavy atom. The molecule has 0 heterocycles. The Bertz CT molecular complexity index is 244. The second kappa shape index (κ2) is 9.20. The summed E-state index contributed by atoms with van der Waals surface area (Å²) < 4.78 is 0. The van der Waals surface area contributed by atoms with Crippen LogP contribution in [0.1, 0.15) is 12.5 Å². The first-order valence-electron chi connectivity index (χ1n) is 3.47. The van der Waals surface area contributed by atoms with E-state index in [4.69, 9.17) is 0 Å². The first kappa shape index (κ1) is 16.1. The van der Waals surface area contributed by atoms with Crippen molar-refractivity contribution in [2.24, 2.45) is 0 Å². The molecule has 0 spiro atoms. The molecule has 13 heavy (non-hydrogen) atoms. The molecule has 3 heteroatoms. The van der Waals surface area contributed by atoms with E-state index < -0.39 is 0 Å². The number of halogens is 1. The Morgan fingerprint density at radius 3 is 2.62 bits per heavy atom. The van der Waals surface area contributed by atoms with Crippen LogP contribution < -0.4 is 37.7 Å². The number of hydrogen-bond donors (Lipinski definition) is 0.